The standard InChI is InChI=1S/C18H26N2O/c1-13(2)12-18(9-5-6-10-18)16(19)11-17-20-14-7-3-4-8-15(14)21-17/h3-4,7-8,13,16H,5-6,9-12,19H2,1-2H3. The van der Waals surface area contributed by atoms with Crippen LogP contribution in [0, 0.1) is 11.3 Å². The SMILES string of the molecule is CC(C)CC1(C(N)Cc2nc3ccccc3o2)CCCC1. The van der Waals surface area contributed by atoms with Crippen LogP contribution >= 0.6 is 0 Å². The minimum atomic E-state index is 0.149. The van der Waals surface area contributed by atoms with Crippen LogP contribution in [0.3, 0.4) is 0 Å². The summed E-state index contributed by atoms with van der Waals surface area (Å²) in [7, 11) is 0. The van der Waals surface area contributed by atoms with Gasteiger partial charge in [0, 0.05) is 12.5 Å². The Morgan fingerprint density at radius 2 is 1.95 bits per heavy atom. The minimum absolute atomic E-state index is 0.149. The third-order valence-electron chi connectivity index (χ3n) is 4.93. The molecule has 3 rings (SSSR count). The second-order valence-corrected chi connectivity index (χ2v) is 7.05. The molecule has 114 valence electrons. The average molecular weight is 286 g/mol. The maximum atomic E-state index is 6.62. The van der Waals surface area contributed by atoms with Gasteiger partial charge in [-0.3, -0.25) is 0 Å². The molecular weight excluding hydrogens is 260 g/mol. The molecule has 2 aromatic rings. The fourth-order valence-corrected chi connectivity index (χ4v) is 4.03. The first-order valence-corrected chi connectivity index (χ1v) is 8.19. The van der Waals surface area contributed by atoms with E-state index in [4.69, 9.17) is 10.2 Å². The highest BCUT2D eigenvalue weighted by atomic mass is 16.3. The molecule has 21 heavy (non-hydrogen) atoms. The first-order chi connectivity index (χ1) is 10.1. The summed E-state index contributed by atoms with van der Waals surface area (Å²) in [4.78, 5) is 4.59. The highest BCUT2D eigenvalue weighted by Gasteiger charge is 2.40. The maximum Gasteiger partial charge on any atom is 0.197 e. The molecule has 0 radical (unpaired) electrons. The number of rotatable bonds is 5. The number of hydrogen-bond donors (Lipinski definition) is 1. The Kier molecular flexibility index (Phi) is 4.03. The van der Waals surface area contributed by atoms with Crippen LogP contribution < -0.4 is 5.73 Å². The van der Waals surface area contributed by atoms with E-state index >= 15 is 0 Å². The first-order valence-electron chi connectivity index (χ1n) is 8.19. The van der Waals surface area contributed by atoms with Crippen molar-refractivity contribution in [1.29, 1.82) is 0 Å². The zero-order chi connectivity index (χ0) is 14.9. The van der Waals surface area contributed by atoms with Crippen molar-refractivity contribution in [2.75, 3.05) is 0 Å². The smallest absolute Gasteiger partial charge is 0.197 e. The summed E-state index contributed by atoms with van der Waals surface area (Å²) in [5.41, 5.74) is 8.70. The summed E-state index contributed by atoms with van der Waals surface area (Å²) in [6.45, 7) is 4.60. The van der Waals surface area contributed by atoms with Gasteiger partial charge < -0.3 is 10.2 Å². The molecule has 0 saturated heterocycles. The molecule has 1 heterocycles. The summed E-state index contributed by atoms with van der Waals surface area (Å²) in [6, 6.07) is 8.08. The number of para-hydroxylation sites is 2. The first kappa shape index (κ1) is 14.6. The number of nitrogens with zero attached hydrogens (tertiary/aromatic N) is 1. The van der Waals surface area contributed by atoms with Gasteiger partial charge >= 0.3 is 0 Å². The molecule has 0 aliphatic heterocycles. The number of aromatic nitrogens is 1. The van der Waals surface area contributed by atoms with Crippen molar-refractivity contribution in [2.45, 2.75) is 58.4 Å². The van der Waals surface area contributed by atoms with Gasteiger partial charge in [0.1, 0.15) is 5.52 Å². The molecule has 0 bridgehead atoms. The normalized spacial score (nSPS) is 19.4. The Bertz CT molecular complexity index is 563. The number of oxazole rings is 1. The molecule has 1 aromatic carbocycles. The molecule has 1 atom stereocenters. The van der Waals surface area contributed by atoms with E-state index in [0.717, 1.165) is 23.4 Å². The van der Waals surface area contributed by atoms with Crippen LogP contribution in [-0.2, 0) is 6.42 Å². The van der Waals surface area contributed by atoms with Crippen molar-refractivity contribution >= 4 is 11.1 Å². The molecule has 3 nitrogen and oxygen atoms in total. The van der Waals surface area contributed by atoms with Crippen molar-refractivity contribution in [1.82, 2.24) is 4.98 Å². The predicted octanol–water partition coefficient (Wildman–Crippen LogP) is 4.30. The van der Waals surface area contributed by atoms with Crippen LogP contribution in [0.4, 0.5) is 0 Å². The fourth-order valence-electron chi connectivity index (χ4n) is 4.03. The zero-order valence-electron chi connectivity index (χ0n) is 13.1. The Morgan fingerprint density at radius 1 is 1.24 bits per heavy atom. The minimum Gasteiger partial charge on any atom is -0.441 e. The number of benzene rings is 1. The van der Waals surface area contributed by atoms with Gasteiger partial charge in [0.05, 0.1) is 0 Å². The van der Waals surface area contributed by atoms with E-state index in [-0.39, 0.29) is 11.5 Å². The Hall–Kier alpha value is -1.35. The zero-order valence-corrected chi connectivity index (χ0v) is 13.1. The number of fused-ring (bicyclic) bond motifs is 1. The lowest BCUT2D eigenvalue weighted by molar-refractivity contribution is 0.176. The summed E-state index contributed by atoms with van der Waals surface area (Å²) in [5.74, 6) is 1.48. The van der Waals surface area contributed by atoms with E-state index in [0.29, 0.717) is 5.92 Å². The molecule has 1 aliphatic carbocycles. The van der Waals surface area contributed by atoms with E-state index in [1.54, 1.807) is 0 Å². The average Bonchev–Trinajstić information content (AvgIpc) is 3.04. The number of nitrogens with two attached hydrogens (primary N) is 1. The molecule has 2 N–H and O–H groups in total. The lowest BCUT2D eigenvalue weighted by atomic mass is 9.72. The lowest BCUT2D eigenvalue weighted by Crippen LogP contribution is -2.42. The van der Waals surface area contributed by atoms with Gasteiger partial charge in [0.15, 0.2) is 11.5 Å². The molecule has 1 aliphatic rings. The van der Waals surface area contributed by atoms with Gasteiger partial charge in [-0.15, -0.1) is 0 Å². The van der Waals surface area contributed by atoms with E-state index in [1.165, 1.54) is 32.1 Å². The highest BCUT2D eigenvalue weighted by molar-refractivity contribution is 5.72. The van der Waals surface area contributed by atoms with Gasteiger partial charge in [0.2, 0.25) is 0 Å². The monoisotopic (exact) mass is 286 g/mol. The lowest BCUT2D eigenvalue weighted by Gasteiger charge is -2.36. The summed E-state index contributed by atoms with van der Waals surface area (Å²) in [6.07, 6.45) is 7.11. The van der Waals surface area contributed by atoms with Gasteiger partial charge in [-0.25, -0.2) is 4.98 Å². The van der Waals surface area contributed by atoms with E-state index in [1.807, 2.05) is 24.3 Å². The Labute approximate surface area is 126 Å². The third kappa shape index (κ3) is 2.98. The van der Waals surface area contributed by atoms with E-state index in [9.17, 15) is 0 Å². The van der Waals surface area contributed by atoms with Gasteiger partial charge in [-0.1, -0.05) is 38.8 Å². The van der Waals surface area contributed by atoms with Crippen molar-refractivity contribution in [2.24, 2.45) is 17.1 Å². The molecule has 1 aromatic heterocycles. The topological polar surface area (TPSA) is 52.0 Å². The molecule has 1 fully saturated rings. The van der Waals surface area contributed by atoms with Crippen molar-refractivity contribution in [3.63, 3.8) is 0 Å². The van der Waals surface area contributed by atoms with Gasteiger partial charge in [0.25, 0.3) is 0 Å². The molecule has 1 unspecified atom stereocenters. The second-order valence-electron chi connectivity index (χ2n) is 7.05. The predicted molar refractivity (Wildman–Crippen MR) is 86.0 cm³/mol. The summed E-state index contributed by atoms with van der Waals surface area (Å²) >= 11 is 0. The molecule has 1 saturated carbocycles. The van der Waals surface area contributed by atoms with Crippen LogP contribution in [0.2, 0.25) is 0 Å². The van der Waals surface area contributed by atoms with Crippen molar-refractivity contribution in [3.8, 4) is 0 Å². The summed E-state index contributed by atoms with van der Waals surface area (Å²) < 4.78 is 5.86. The Morgan fingerprint density at radius 3 is 2.62 bits per heavy atom. The van der Waals surface area contributed by atoms with Crippen molar-refractivity contribution in [3.05, 3.63) is 30.2 Å². The van der Waals surface area contributed by atoms with Crippen molar-refractivity contribution < 1.29 is 4.42 Å². The van der Waals surface area contributed by atoms with Gasteiger partial charge in [-0.05, 0) is 42.7 Å². The van der Waals surface area contributed by atoms with Crippen LogP contribution in [0.25, 0.3) is 11.1 Å². The van der Waals surface area contributed by atoms with Crippen LogP contribution in [0.15, 0.2) is 28.7 Å². The third-order valence-corrected chi connectivity index (χ3v) is 4.93. The van der Waals surface area contributed by atoms with Crippen LogP contribution in [-0.4, -0.2) is 11.0 Å². The highest BCUT2D eigenvalue weighted by Crippen LogP contribution is 2.46. The van der Waals surface area contributed by atoms with E-state index < -0.39 is 0 Å². The quantitative estimate of drug-likeness (QED) is 0.891. The van der Waals surface area contributed by atoms with Gasteiger partial charge in [-0.2, -0.15) is 0 Å². The van der Waals surface area contributed by atoms with E-state index in [2.05, 4.69) is 18.8 Å². The maximum absolute atomic E-state index is 6.62. The number of hydrogen-bond acceptors (Lipinski definition) is 3. The van der Waals surface area contributed by atoms with Crippen LogP contribution in [0.1, 0.15) is 51.8 Å². The molecule has 0 spiro atoms. The van der Waals surface area contributed by atoms with Crippen LogP contribution in [0.5, 0.6) is 0 Å². The second kappa shape index (κ2) is 5.80. The molecule has 0 amide bonds. The summed E-state index contributed by atoms with van der Waals surface area (Å²) in [5, 5.41) is 0. The Balaban J connectivity index is 1.78. The molecule has 3 heteroatoms. The largest absolute Gasteiger partial charge is 0.441 e. The fraction of sp³-hybridized carbons (Fsp3) is 0.611. The molecular formula is C18H26N2O.